The number of rotatable bonds is 0. The van der Waals surface area contributed by atoms with Crippen LogP contribution in [0.3, 0.4) is 0 Å². The van der Waals surface area contributed by atoms with E-state index in [1.54, 1.807) is 11.4 Å². The predicted molar refractivity (Wildman–Crippen MR) is 52.9 cm³/mol. The molecular formula is C10H4N2OS. The molecule has 0 saturated heterocycles. The van der Waals surface area contributed by atoms with E-state index in [1.165, 1.54) is 17.4 Å². The molecule has 3 nitrogen and oxygen atoms in total. The number of hydrogen-bond acceptors (Lipinski definition) is 4. The molecule has 1 N–H and O–H groups in total. The van der Waals surface area contributed by atoms with E-state index in [1.807, 2.05) is 12.1 Å². The molecule has 0 aliphatic rings. The molecule has 2 rings (SSSR count). The fraction of sp³-hybridized carbons (Fsp3) is 0. The van der Waals surface area contributed by atoms with Crippen molar-refractivity contribution in [2.45, 2.75) is 0 Å². The summed E-state index contributed by atoms with van der Waals surface area (Å²) in [6.45, 7) is 0. The standard InChI is InChI=1S/C10H4N2OS/c11-3-6-1-10-8(2-9(6)13)7(4-12)5-14-10/h1-2,5,13H. The minimum atomic E-state index is -0.0742. The van der Waals surface area contributed by atoms with Gasteiger partial charge in [-0.05, 0) is 12.1 Å². The number of nitrogens with zero attached hydrogens (tertiary/aromatic N) is 2. The van der Waals surface area contributed by atoms with Crippen LogP contribution in [0.15, 0.2) is 17.5 Å². The average molecular weight is 200 g/mol. The number of thiophene rings is 1. The normalized spacial score (nSPS) is 9.57. The van der Waals surface area contributed by atoms with Crippen molar-refractivity contribution in [3.05, 3.63) is 28.6 Å². The Kier molecular flexibility index (Phi) is 1.85. The third-order valence-electron chi connectivity index (χ3n) is 1.93. The Balaban J connectivity index is 2.85. The molecule has 1 aromatic carbocycles. The molecule has 0 aliphatic heterocycles. The van der Waals surface area contributed by atoms with Gasteiger partial charge in [0.1, 0.15) is 17.9 Å². The highest BCUT2D eigenvalue weighted by Crippen LogP contribution is 2.31. The third-order valence-corrected chi connectivity index (χ3v) is 2.88. The first-order valence-electron chi connectivity index (χ1n) is 3.80. The Morgan fingerprint density at radius 2 is 1.86 bits per heavy atom. The second-order valence-corrected chi connectivity index (χ2v) is 3.65. The van der Waals surface area contributed by atoms with E-state index in [0.717, 1.165) is 4.70 Å². The van der Waals surface area contributed by atoms with Crippen LogP contribution in [0.25, 0.3) is 10.1 Å². The highest BCUT2D eigenvalue weighted by molar-refractivity contribution is 7.17. The second-order valence-electron chi connectivity index (χ2n) is 2.74. The Hall–Kier alpha value is -2.04. The maximum Gasteiger partial charge on any atom is 0.134 e. The molecule has 14 heavy (non-hydrogen) atoms. The van der Waals surface area contributed by atoms with E-state index in [-0.39, 0.29) is 11.3 Å². The van der Waals surface area contributed by atoms with Crippen molar-refractivity contribution in [3.63, 3.8) is 0 Å². The summed E-state index contributed by atoms with van der Waals surface area (Å²) in [7, 11) is 0. The van der Waals surface area contributed by atoms with Crippen LogP contribution < -0.4 is 0 Å². The minimum absolute atomic E-state index is 0.0742. The molecule has 1 heterocycles. The lowest BCUT2D eigenvalue weighted by molar-refractivity contribution is 0.474. The molecule has 0 saturated carbocycles. The lowest BCUT2D eigenvalue weighted by Crippen LogP contribution is -1.76. The lowest BCUT2D eigenvalue weighted by Gasteiger charge is -1.95. The van der Waals surface area contributed by atoms with Gasteiger partial charge in [0.25, 0.3) is 0 Å². The molecule has 66 valence electrons. The van der Waals surface area contributed by atoms with Gasteiger partial charge in [0.05, 0.1) is 11.1 Å². The Morgan fingerprint density at radius 3 is 2.50 bits per heavy atom. The first kappa shape index (κ1) is 8.55. The fourth-order valence-electron chi connectivity index (χ4n) is 1.24. The van der Waals surface area contributed by atoms with E-state index < -0.39 is 0 Å². The highest BCUT2D eigenvalue weighted by Gasteiger charge is 2.08. The minimum Gasteiger partial charge on any atom is -0.507 e. The smallest absolute Gasteiger partial charge is 0.134 e. The average Bonchev–Trinajstić information content (AvgIpc) is 2.58. The van der Waals surface area contributed by atoms with Gasteiger partial charge < -0.3 is 5.11 Å². The number of phenols is 1. The quantitative estimate of drug-likeness (QED) is 0.709. The highest BCUT2D eigenvalue weighted by atomic mass is 32.1. The van der Waals surface area contributed by atoms with Crippen molar-refractivity contribution >= 4 is 21.4 Å². The summed E-state index contributed by atoms with van der Waals surface area (Å²) < 4.78 is 0.843. The number of hydrogen-bond donors (Lipinski definition) is 1. The Morgan fingerprint density at radius 1 is 1.14 bits per heavy atom. The van der Waals surface area contributed by atoms with Crippen molar-refractivity contribution in [1.82, 2.24) is 0 Å². The maximum atomic E-state index is 9.42. The third kappa shape index (κ3) is 1.10. The van der Waals surface area contributed by atoms with Crippen molar-refractivity contribution in [1.29, 1.82) is 10.5 Å². The van der Waals surface area contributed by atoms with Crippen molar-refractivity contribution in [2.24, 2.45) is 0 Å². The number of aromatic hydroxyl groups is 1. The van der Waals surface area contributed by atoms with E-state index in [4.69, 9.17) is 10.5 Å². The summed E-state index contributed by atoms with van der Waals surface area (Å²) in [5.41, 5.74) is 0.772. The van der Waals surface area contributed by atoms with Crippen molar-refractivity contribution in [3.8, 4) is 17.9 Å². The molecule has 0 aliphatic carbocycles. The summed E-state index contributed by atoms with van der Waals surface area (Å²) in [6, 6.07) is 6.97. The number of benzene rings is 1. The van der Waals surface area contributed by atoms with E-state index in [9.17, 15) is 5.11 Å². The van der Waals surface area contributed by atoms with E-state index in [2.05, 4.69) is 0 Å². The summed E-state index contributed by atoms with van der Waals surface area (Å²) in [6.07, 6.45) is 0. The molecule has 0 spiro atoms. The molecule has 0 amide bonds. The van der Waals surface area contributed by atoms with Gasteiger partial charge in [0.15, 0.2) is 0 Å². The van der Waals surface area contributed by atoms with Crippen LogP contribution in [-0.4, -0.2) is 5.11 Å². The number of fused-ring (bicyclic) bond motifs is 1. The summed E-state index contributed by atoms with van der Waals surface area (Å²) in [4.78, 5) is 0. The van der Waals surface area contributed by atoms with Gasteiger partial charge in [0, 0.05) is 15.5 Å². The Labute approximate surface area is 84.1 Å². The molecule has 0 atom stereocenters. The van der Waals surface area contributed by atoms with Crippen molar-refractivity contribution in [2.75, 3.05) is 0 Å². The molecule has 0 radical (unpaired) electrons. The van der Waals surface area contributed by atoms with Gasteiger partial charge in [0.2, 0.25) is 0 Å². The van der Waals surface area contributed by atoms with Crippen LogP contribution in [0.5, 0.6) is 5.75 Å². The molecule has 0 bridgehead atoms. The van der Waals surface area contributed by atoms with Gasteiger partial charge in [-0.2, -0.15) is 10.5 Å². The summed E-state index contributed by atoms with van der Waals surface area (Å²) in [5.74, 6) is -0.0742. The zero-order valence-corrected chi connectivity index (χ0v) is 7.80. The molecule has 4 heteroatoms. The predicted octanol–water partition coefficient (Wildman–Crippen LogP) is 2.35. The zero-order chi connectivity index (χ0) is 10.1. The summed E-state index contributed by atoms with van der Waals surface area (Å²) in [5, 5.41) is 29.3. The monoisotopic (exact) mass is 200 g/mol. The number of phenolic OH excluding ortho intramolecular Hbond substituents is 1. The van der Waals surface area contributed by atoms with Crippen LogP contribution in [0.1, 0.15) is 11.1 Å². The lowest BCUT2D eigenvalue weighted by atomic mass is 10.1. The first-order chi connectivity index (χ1) is 6.76. The molecule has 1 aromatic heterocycles. The van der Waals surface area contributed by atoms with Crippen LogP contribution in [0.2, 0.25) is 0 Å². The van der Waals surface area contributed by atoms with Gasteiger partial charge in [-0.25, -0.2) is 0 Å². The Bertz CT molecular complexity index is 586. The zero-order valence-electron chi connectivity index (χ0n) is 6.98. The topological polar surface area (TPSA) is 67.8 Å². The number of nitriles is 2. The summed E-state index contributed by atoms with van der Waals surface area (Å²) >= 11 is 1.39. The largest absolute Gasteiger partial charge is 0.507 e. The van der Waals surface area contributed by atoms with Gasteiger partial charge in [-0.15, -0.1) is 11.3 Å². The van der Waals surface area contributed by atoms with Crippen LogP contribution in [0, 0.1) is 22.7 Å². The molecular weight excluding hydrogens is 196 g/mol. The molecule has 2 aromatic rings. The fourth-order valence-corrected chi connectivity index (χ4v) is 2.14. The van der Waals surface area contributed by atoms with E-state index >= 15 is 0 Å². The van der Waals surface area contributed by atoms with Gasteiger partial charge in [-0.1, -0.05) is 0 Å². The molecule has 0 fully saturated rings. The van der Waals surface area contributed by atoms with E-state index in [0.29, 0.717) is 10.9 Å². The molecule has 0 unspecified atom stereocenters. The van der Waals surface area contributed by atoms with Crippen LogP contribution >= 0.6 is 11.3 Å². The van der Waals surface area contributed by atoms with Gasteiger partial charge in [-0.3, -0.25) is 0 Å². The SMILES string of the molecule is N#Cc1cc2scc(C#N)c2cc1O. The van der Waals surface area contributed by atoms with Crippen LogP contribution in [-0.2, 0) is 0 Å². The van der Waals surface area contributed by atoms with Crippen molar-refractivity contribution < 1.29 is 5.11 Å². The second kappa shape index (κ2) is 3.02. The van der Waals surface area contributed by atoms with Gasteiger partial charge >= 0.3 is 0 Å². The van der Waals surface area contributed by atoms with Crippen LogP contribution in [0.4, 0.5) is 0 Å². The maximum absolute atomic E-state index is 9.42. The first-order valence-corrected chi connectivity index (χ1v) is 4.68.